The van der Waals surface area contributed by atoms with Gasteiger partial charge < -0.3 is 5.73 Å². The third-order valence-corrected chi connectivity index (χ3v) is 1.63. The number of nitrogens with zero attached hydrogens (tertiary/aromatic N) is 2. The van der Waals surface area contributed by atoms with Gasteiger partial charge in [0, 0.05) is 4.53 Å². The fraction of sp³-hybridized carbons (Fsp3) is 0. The molecule has 0 unspecified atom stereocenters. The van der Waals surface area contributed by atoms with Crippen LogP contribution in [0.25, 0.3) is 5.52 Å². The number of rotatable bonds is 1. The van der Waals surface area contributed by atoms with Crippen LogP contribution < -0.4 is 10.7 Å². The lowest BCUT2D eigenvalue weighted by Crippen LogP contribution is -1.98. The summed E-state index contributed by atoms with van der Waals surface area (Å²) in [5.41, 5.74) is 6.06. The Labute approximate surface area is 67.3 Å². The predicted molar refractivity (Wildman–Crippen MR) is 41.3 cm³/mol. The fourth-order valence-corrected chi connectivity index (χ4v) is 1.08. The molecule has 0 saturated carbocycles. The molecule has 2 rings (SSSR count). The second-order valence-electron chi connectivity index (χ2n) is 2.33. The zero-order valence-electron chi connectivity index (χ0n) is 6.07. The van der Waals surface area contributed by atoms with E-state index in [0.717, 1.165) is 0 Å². The standard InChI is InChI=1S/C7H6FN3O/c8-12-6-1-2-7(9)11-5(6)3-4-10-11/h1-4H,9H2. The number of nitrogen functional groups attached to an aromatic ring is 1. The number of anilines is 1. The summed E-state index contributed by atoms with van der Waals surface area (Å²) >= 11 is 0. The predicted octanol–water partition coefficient (Wildman–Crippen LogP) is 1.18. The SMILES string of the molecule is Nc1ccc(OF)c2ccnn12. The number of nitrogens with two attached hydrogens (primary N) is 1. The molecule has 0 fully saturated rings. The van der Waals surface area contributed by atoms with Crippen LogP contribution in [0.1, 0.15) is 0 Å². The summed E-state index contributed by atoms with van der Waals surface area (Å²) in [7, 11) is 0. The van der Waals surface area contributed by atoms with E-state index in [2.05, 4.69) is 10.0 Å². The quantitative estimate of drug-likeness (QED) is 0.693. The molecule has 0 aliphatic rings. The number of fused-ring (bicyclic) bond motifs is 1. The summed E-state index contributed by atoms with van der Waals surface area (Å²) in [5, 5.41) is 3.87. The second kappa shape index (κ2) is 2.37. The average molecular weight is 167 g/mol. The number of aromatic nitrogens is 2. The van der Waals surface area contributed by atoms with Gasteiger partial charge in [-0.05, 0) is 18.2 Å². The topological polar surface area (TPSA) is 52.5 Å². The van der Waals surface area contributed by atoms with Crippen LogP contribution in [-0.4, -0.2) is 9.61 Å². The van der Waals surface area contributed by atoms with E-state index in [0.29, 0.717) is 11.3 Å². The largest absolute Gasteiger partial charge is 0.384 e. The zero-order valence-corrected chi connectivity index (χ0v) is 6.07. The van der Waals surface area contributed by atoms with Gasteiger partial charge in [0.1, 0.15) is 11.3 Å². The van der Waals surface area contributed by atoms with E-state index in [-0.39, 0.29) is 5.75 Å². The molecular weight excluding hydrogens is 161 g/mol. The van der Waals surface area contributed by atoms with Crippen molar-refractivity contribution in [2.45, 2.75) is 0 Å². The van der Waals surface area contributed by atoms with Crippen LogP contribution in [0.15, 0.2) is 24.4 Å². The van der Waals surface area contributed by atoms with Crippen molar-refractivity contribution in [2.24, 2.45) is 0 Å². The van der Waals surface area contributed by atoms with Crippen molar-refractivity contribution in [2.75, 3.05) is 5.73 Å². The number of hydrogen-bond donors (Lipinski definition) is 1. The highest BCUT2D eigenvalue weighted by atomic mass is 19.3. The Bertz CT molecular complexity index is 412. The molecule has 0 spiro atoms. The van der Waals surface area contributed by atoms with E-state index < -0.39 is 0 Å². The highest BCUT2D eigenvalue weighted by Gasteiger charge is 2.05. The summed E-state index contributed by atoms with van der Waals surface area (Å²) in [4.78, 5) is 3.62. The van der Waals surface area contributed by atoms with Gasteiger partial charge in [0.05, 0.1) is 6.20 Å². The maximum atomic E-state index is 11.9. The first kappa shape index (κ1) is 6.90. The first-order valence-corrected chi connectivity index (χ1v) is 3.34. The number of hydrogen-bond acceptors (Lipinski definition) is 3. The van der Waals surface area contributed by atoms with Gasteiger partial charge in [0.2, 0.25) is 0 Å². The molecular formula is C7H6FN3O. The Morgan fingerprint density at radius 2 is 2.25 bits per heavy atom. The van der Waals surface area contributed by atoms with Gasteiger partial charge in [-0.2, -0.15) is 5.10 Å². The van der Waals surface area contributed by atoms with Crippen LogP contribution in [0, 0.1) is 0 Å². The van der Waals surface area contributed by atoms with Gasteiger partial charge in [-0.25, -0.2) is 4.52 Å². The summed E-state index contributed by atoms with van der Waals surface area (Å²) in [6.45, 7) is 0. The molecule has 0 aliphatic heterocycles. The fourth-order valence-electron chi connectivity index (χ4n) is 1.08. The minimum Gasteiger partial charge on any atom is -0.384 e. The van der Waals surface area contributed by atoms with Crippen molar-refractivity contribution in [3.05, 3.63) is 24.4 Å². The Hall–Kier alpha value is -1.78. The van der Waals surface area contributed by atoms with E-state index in [1.807, 2.05) is 0 Å². The molecule has 0 saturated heterocycles. The average Bonchev–Trinajstić information content (AvgIpc) is 2.54. The molecule has 2 aromatic rings. The Balaban J connectivity index is 2.82. The molecule has 62 valence electrons. The molecule has 0 aliphatic carbocycles. The van der Waals surface area contributed by atoms with E-state index in [9.17, 15) is 4.53 Å². The number of halogens is 1. The minimum absolute atomic E-state index is 0.113. The third-order valence-electron chi connectivity index (χ3n) is 1.63. The molecule has 12 heavy (non-hydrogen) atoms. The van der Waals surface area contributed by atoms with Crippen LogP contribution in [0.2, 0.25) is 0 Å². The molecule has 2 aromatic heterocycles. The van der Waals surface area contributed by atoms with Gasteiger partial charge >= 0.3 is 0 Å². The second-order valence-corrected chi connectivity index (χ2v) is 2.33. The van der Waals surface area contributed by atoms with Gasteiger partial charge in [0.15, 0.2) is 5.75 Å². The highest BCUT2D eigenvalue weighted by molar-refractivity contribution is 5.62. The summed E-state index contributed by atoms with van der Waals surface area (Å²) in [6, 6.07) is 4.59. The van der Waals surface area contributed by atoms with Crippen LogP contribution in [0.5, 0.6) is 5.75 Å². The maximum absolute atomic E-state index is 11.9. The lowest BCUT2D eigenvalue weighted by molar-refractivity contribution is -0.00468. The van der Waals surface area contributed by atoms with Crippen molar-refractivity contribution in [1.29, 1.82) is 0 Å². The maximum Gasteiger partial charge on any atom is 0.197 e. The Morgan fingerprint density at radius 3 is 3.00 bits per heavy atom. The Morgan fingerprint density at radius 1 is 1.42 bits per heavy atom. The molecule has 0 aromatic carbocycles. The van der Waals surface area contributed by atoms with Gasteiger partial charge in [-0.1, -0.05) is 0 Å². The van der Waals surface area contributed by atoms with Gasteiger partial charge in [0.25, 0.3) is 0 Å². The van der Waals surface area contributed by atoms with Crippen molar-refractivity contribution in [3.63, 3.8) is 0 Å². The minimum atomic E-state index is 0.113. The molecule has 0 amide bonds. The monoisotopic (exact) mass is 167 g/mol. The van der Waals surface area contributed by atoms with Crippen molar-refractivity contribution in [3.8, 4) is 5.75 Å². The zero-order chi connectivity index (χ0) is 8.55. The van der Waals surface area contributed by atoms with E-state index in [1.165, 1.54) is 22.8 Å². The summed E-state index contributed by atoms with van der Waals surface area (Å²) in [6.07, 6.45) is 1.52. The third kappa shape index (κ3) is 0.795. The lowest BCUT2D eigenvalue weighted by atomic mass is 10.3. The van der Waals surface area contributed by atoms with Crippen molar-refractivity contribution >= 4 is 11.3 Å². The van der Waals surface area contributed by atoms with Crippen molar-refractivity contribution < 1.29 is 9.47 Å². The van der Waals surface area contributed by atoms with Gasteiger partial charge in [-0.3, -0.25) is 4.94 Å². The molecule has 2 heterocycles. The van der Waals surface area contributed by atoms with Crippen molar-refractivity contribution in [1.82, 2.24) is 9.61 Å². The molecule has 4 nitrogen and oxygen atoms in total. The molecule has 2 N–H and O–H groups in total. The van der Waals surface area contributed by atoms with E-state index in [1.54, 1.807) is 6.07 Å². The smallest absolute Gasteiger partial charge is 0.197 e. The summed E-state index contributed by atoms with van der Waals surface area (Å²) < 4.78 is 13.3. The summed E-state index contributed by atoms with van der Waals surface area (Å²) in [5.74, 6) is 0.553. The lowest BCUT2D eigenvalue weighted by Gasteiger charge is -2.00. The highest BCUT2D eigenvalue weighted by Crippen LogP contribution is 2.21. The Kier molecular flexibility index (Phi) is 1.36. The first-order chi connectivity index (χ1) is 5.83. The van der Waals surface area contributed by atoms with E-state index >= 15 is 0 Å². The van der Waals surface area contributed by atoms with Crippen LogP contribution in [-0.2, 0) is 0 Å². The molecule has 0 atom stereocenters. The molecule has 0 radical (unpaired) electrons. The molecule has 5 heteroatoms. The van der Waals surface area contributed by atoms with Crippen LogP contribution in [0.4, 0.5) is 10.3 Å². The van der Waals surface area contributed by atoms with Crippen LogP contribution in [0.3, 0.4) is 0 Å². The van der Waals surface area contributed by atoms with Gasteiger partial charge in [-0.15, -0.1) is 0 Å². The molecule has 0 bridgehead atoms. The van der Waals surface area contributed by atoms with E-state index in [4.69, 9.17) is 5.73 Å². The first-order valence-electron chi connectivity index (χ1n) is 3.34. The van der Waals surface area contributed by atoms with Crippen LogP contribution >= 0.6 is 0 Å². The number of pyridine rings is 1. The normalized spacial score (nSPS) is 10.4.